The van der Waals surface area contributed by atoms with Gasteiger partial charge in [0.2, 0.25) is 0 Å². The highest BCUT2D eigenvalue weighted by Crippen LogP contribution is 2.30. The minimum atomic E-state index is 0.746. The number of hydrogen-bond acceptors (Lipinski definition) is 4. The highest BCUT2D eigenvalue weighted by atomic mass is 15.2. The molecule has 0 radical (unpaired) electrons. The van der Waals surface area contributed by atoms with Gasteiger partial charge in [0.05, 0.1) is 11.2 Å². The molecule has 1 saturated heterocycles. The topological polar surface area (TPSA) is 56.8 Å². The first-order valence-electron chi connectivity index (χ1n) is 10.1. The van der Waals surface area contributed by atoms with E-state index < -0.39 is 0 Å². The number of para-hydroxylation sites is 2. The van der Waals surface area contributed by atoms with Crippen molar-refractivity contribution in [3.8, 4) is 11.5 Å². The standard InChI is InChI=1S/C23H25N5/c1-16-17-8-2-4-10-19(17)25-21(16)23-26-20-11-5-3-9-18(20)22(27-23)24-12-15-28-13-6-7-14-28/h2-5,8-11,25H,6-7,12-15H2,1H3,(H,24,26,27). The van der Waals surface area contributed by atoms with Gasteiger partial charge in [0.25, 0.3) is 0 Å². The number of aromatic nitrogens is 3. The zero-order valence-corrected chi connectivity index (χ0v) is 16.2. The molecule has 0 atom stereocenters. The first kappa shape index (κ1) is 17.2. The van der Waals surface area contributed by atoms with E-state index in [0.29, 0.717) is 0 Å². The molecule has 1 aliphatic rings. The van der Waals surface area contributed by atoms with E-state index in [-0.39, 0.29) is 0 Å². The summed E-state index contributed by atoms with van der Waals surface area (Å²) in [6, 6.07) is 16.6. The Morgan fingerprint density at radius 1 is 0.964 bits per heavy atom. The monoisotopic (exact) mass is 371 g/mol. The molecule has 3 heterocycles. The highest BCUT2D eigenvalue weighted by molar-refractivity contribution is 5.93. The number of nitrogens with zero attached hydrogens (tertiary/aromatic N) is 3. The molecule has 0 spiro atoms. The van der Waals surface area contributed by atoms with Crippen LogP contribution in [0.4, 0.5) is 5.82 Å². The molecule has 5 rings (SSSR count). The molecule has 28 heavy (non-hydrogen) atoms. The lowest BCUT2D eigenvalue weighted by Crippen LogP contribution is -2.26. The number of nitrogens with one attached hydrogen (secondary N) is 2. The maximum Gasteiger partial charge on any atom is 0.178 e. The van der Waals surface area contributed by atoms with Gasteiger partial charge in [0.1, 0.15) is 5.82 Å². The van der Waals surface area contributed by atoms with Crippen LogP contribution in [-0.2, 0) is 0 Å². The maximum absolute atomic E-state index is 4.92. The number of aromatic amines is 1. The highest BCUT2D eigenvalue weighted by Gasteiger charge is 2.15. The van der Waals surface area contributed by atoms with E-state index in [1.54, 1.807) is 0 Å². The summed E-state index contributed by atoms with van der Waals surface area (Å²) in [6.45, 7) is 6.51. The fourth-order valence-corrected chi connectivity index (χ4v) is 4.17. The van der Waals surface area contributed by atoms with E-state index in [1.807, 2.05) is 12.1 Å². The second kappa shape index (κ2) is 7.24. The van der Waals surface area contributed by atoms with Crippen LogP contribution in [0.3, 0.4) is 0 Å². The largest absolute Gasteiger partial charge is 0.368 e. The fraction of sp³-hybridized carbons (Fsp3) is 0.304. The van der Waals surface area contributed by atoms with E-state index in [0.717, 1.165) is 46.8 Å². The molecule has 5 heteroatoms. The first-order chi connectivity index (χ1) is 13.8. The van der Waals surface area contributed by atoms with E-state index in [1.165, 1.54) is 36.9 Å². The number of hydrogen-bond donors (Lipinski definition) is 2. The molecule has 2 aromatic carbocycles. The number of fused-ring (bicyclic) bond motifs is 2. The number of anilines is 1. The summed E-state index contributed by atoms with van der Waals surface area (Å²) in [5.74, 6) is 1.66. The smallest absolute Gasteiger partial charge is 0.178 e. The number of rotatable bonds is 5. The van der Waals surface area contributed by atoms with Gasteiger partial charge in [-0.2, -0.15) is 0 Å². The van der Waals surface area contributed by atoms with Gasteiger partial charge in [-0.3, -0.25) is 0 Å². The molecule has 1 aliphatic heterocycles. The van der Waals surface area contributed by atoms with E-state index in [2.05, 4.69) is 58.5 Å². The van der Waals surface area contributed by atoms with Crippen molar-refractivity contribution in [2.24, 2.45) is 0 Å². The summed E-state index contributed by atoms with van der Waals surface area (Å²) in [5, 5.41) is 5.86. The minimum Gasteiger partial charge on any atom is -0.368 e. The molecule has 0 unspecified atom stereocenters. The van der Waals surface area contributed by atoms with Crippen LogP contribution < -0.4 is 5.32 Å². The molecule has 4 aromatic rings. The normalized spacial score (nSPS) is 14.9. The van der Waals surface area contributed by atoms with E-state index in [4.69, 9.17) is 9.97 Å². The lowest BCUT2D eigenvalue weighted by molar-refractivity contribution is 0.352. The molecule has 0 amide bonds. The molecule has 2 aromatic heterocycles. The summed E-state index contributed by atoms with van der Waals surface area (Å²) in [6.07, 6.45) is 2.64. The predicted octanol–water partition coefficient (Wildman–Crippen LogP) is 4.59. The Kier molecular flexibility index (Phi) is 4.45. The van der Waals surface area contributed by atoms with Crippen molar-refractivity contribution in [1.82, 2.24) is 19.9 Å². The third-order valence-electron chi connectivity index (χ3n) is 5.71. The number of aryl methyl sites for hydroxylation is 1. The predicted molar refractivity (Wildman–Crippen MR) is 116 cm³/mol. The lowest BCUT2D eigenvalue weighted by Gasteiger charge is -2.16. The van der Waals surface area contributed by atoms with Crippen molar-refractivity contribution in [2.45, 2.75) is 19.8 Å². The Bertz CT molecular complexity index is 1120. The van der Waals surface area contributed by atoms with Gasteiger partial charge in [-0.05, 0) is 56.6 Å². The van der Waals surface area contributed by atoms with Crippen LogP contribution in [0.5, 0.6) is 0 Å². The van der Waals surface area contributed by atoms with Gasteiger partial charge in [0.15, 0.2) is 5.82 Å². The van der Waals surface area contributed by atoms with Gasteiger partial charge in [-0.15, -0.1) is 0 Å². The zero-order valence-electron chi connectivity index (χ0n) is 16.2. The molecular formula is C23H25N5. The Labute approximate surface area is 164 Å². The van der Waals surface area contributed by atoms with E-state index in [9.17, 15) is 0 Å². The third-order valence-corrected chi connectivity index (χ3v) is 5.71. The van der Waals surface area contributed by atoms with Crippen molar-refractivity contribution in [3.05, 3.63) is 54.1 Å². The lowest BCUT2D eigenvalue weighted by atomic mass is 10.1. The van der Waals surface area contributed by atoms with Crippen molar-refractivity contribution in [2.75, 3.05) is 31.5 Å². The van der Waals surface area contributed by atoms with Crippen LogP contribution in [0.2, 0.25) is 0 Å². The van der Waals surface area contributed by atoms with Crippen molar-refractivity contribution >= 4 is 27.6 Å². The summed E-state index contributed by atoms with van der Waals surface area (Å²) < 4.78 is 0. The first-order valence-corrected chi connectivity index (χ1v) is 10.1. The zero-order chi connectivity index (χ0) is 18.9. The molecule has 5 nitrogen and oxygen atoms in total. The van der Waals surface area contributed by atoms with Crippen LogP contribution in [0.1, 0.15) is 18.4 Å². The Morgan fingerprint density at radius 2 is 1.71 bits per heavy atom. The average molecular weight is 371 g/mol. The number of likely N-dealkylation sites (tertiary alicyclic amines) is 1. The summed E-state index contributed by atoms with van der Waals surface area (Å²) in [7, 11) is 0. The van der Waals surface area contributed by atoms with Crippen molar-refractivity contribution < 1.29 is 0 Å². The maximum atomic E-state index is 4.92. The molecule has 0 saturated carbocycles. The quantitative estimate of drug-likeness (QED) is 0.538. The van der Waals surface area contributed by atoms with Crippen LogP contribution in [-0.4, -0.2) is 46.0 Å². The number of H-pyrrole nitrogens is 1. The van der Waals surface area contributed by atoms with Gasteiger partial charge in [-0.25, -0.2) is 9.97 Å². The molecule has 0 aliphatic carbocycles. The molecule has 0 bridgehead atoms. The molecule has 142 valence electrons. The minimum absolute atomic E-state index is 0.746. The van der Waals surface area contributed by atoms with Gasteiger partial charge < -0.3 is 15.2 Å². The Morgan fingerprint density at radius 3 is 2.54 bits per heavy atom. The summed E-state index contributed by atoms with van der Waals surface area (Å²) in [4.78, 5) is 15.8. The Hall–Kier alpha value is -2.92. The van der Waals surface area contributed by atoms with Crippen molar-refractivity contribution in [3.63, 3.8) is 0 Å². The van der Waals surface area contributed by atoms with E-state index >= 15 is 0 Å². The summed E-state index contributed by atoms with van der Waals surface area (Å²) in [5.41, 5.74) is 4.27. The second-order valence-corrected chi connectivity index (χ2v) is 7.56. The van der Waals surface area contributed by atoms with Crippen LogP contribution in [0, 0.1) is 6.92 Å². The van der Waals surface area contributed by atoms with Crippen LogP contribution in [0.15, 0.2) is 48.5 Å². The van der Waals surface area contributed by atoms with Gasteiger partial charge in [0, 0.05) is 29.4 Å². The van der Waals surface area contributed by atoms with Crippen LogP contribution >= 0.6 is 0 Å². The van der Waals surface area contributed by atoms with Crippen molar-refractivity contribution in [1.29, 1.82) is 0 Å². The Balaban J connectivity index is 1.52. The summed E-state index contributed by atoms with van der Waals surface area (Å²) >= 11 is 0. The number of benzene rings is 2. The molecule has 2 N–H and O–H groups in total. The van der Waals surface area contributed by atoms with Crippen LogP contribution in [0.25, 0.3) is 33.3 Å². The SMILES string of the molecule is Cc1c(-c2nc(NCCN3CCCC3)c3ccccc3n2)[nH]c2ccccc12. The second-order valence-electron chi connectivity index (χ2n) is 7.56. The fourth-order valence-electron chi connectivity index (χ4n) is 4.17. The molecular weight excluding hydrogens is 346 g/mol. The third kappa shape index (κ3) is 3.12. The molecule has 1 fully saturated rings. The van der Waals surface area contributed by atoms with Gasteiger partial charge in [-0.1, -0.05) is 30.3 Å². The average Bonchev–Trinajstić information content (AvgIpc) is 3.36. The van der Waals surface area contributed by atoms with Gasteiger partial charge >= 0.3 is 0 Å².